The van der Waals surface area contributed by atoms with Crippen molar-refractivity contribution < 1.29 is 14.3 Å². The quantitative estimate of drug-likeness (QED) is 0.295. The first-order valence-corrected chi connectivity index (χ1v) is 10.9. The van der Waals surface area contributed by atoms with E-state index in [1.807, 2.05) is 19.1 Å². The second-order valence-corrected chi connectivity index (χ2v) is 8.39. The third-order valence-corrected chi connectivity index (χ3v) is 5.57. The lowest BCUT2D eigenvalue weighted by atomic mass is 10.1. The van der Waals surface area contributed by atoms with Gasteiger partial charge in [0.15, 0.2) is 6.61 Å². The molecule has 164 valence electrons. The molecule has 0 unspecified atom stereocenters. The number of hydrogen-bond acceptors (Lipinski definition) is 4. The fraction of sp³-hybridized carbons (Fsp3) is 0.0870. The molecular weight excluding hydrogens is 517 g/mol. The maximum Gasteiger partial charge on any atom is 0.271 e. The van der Waals surface area contributed by atoms with Gasteiger partial charge in [0, 0.05) is 11.3 Å². The number of halogens is 3. The van der Waals surface area contributed by atoms with E-state index in [0.29, 0.717) is 31.5 Å². The molecule has 0 saturated heterocycles. The fourth-order valence-electron chi connectivity index (χ4n) is 2.56. The van der Waals surface area contributed by atoms with Gasteiger partial charge in [-0.15, -0.1) is 0 Å². The highest BCUT2D eigenvalue weighted by Gasteiger charge is 2.08. The van der Waals surface area contributed by atoms with Crippen LogP contribution in [0.2, 0.25) is 10.0 Å². The first kappa shape index (κ1) is 23.8. The van der Waals surface area contributed by atoms with Gasteiger partial charge < -0.3 is 10.1 Å². The van der Waals surface area contributed by atoms with Crippen LogP contribution in [0.5, 0.6) is 5.75 Å². The summed E-state index contributed by atoms with van der Waals surface area (Å²) in [6, 6.07) is 17.2. The zero-order chi connectivity index (χ0) is 23.1. The third kappa shape index (κ3) is 6.82. The number of aryl methyl sites for hydroxylation is 1. The van der Waals surface area contributed by atoms with Crippen LogP contribution < -0.4 is 15.5 Å². The van der Waals surface area contributed by atoms with E-state index >= 15 is 0 Å². The first-order valence-electron chi connectivity index (χ1n) is 9.39. The van der Waals surface area contributed by atoms with Crippen molar-refractivity contribution in [2.45, 2.75) is 6.92 Å². The van der Waals surface area contributed by atoms with Crippen LogP contribution in [0.4, 0.5) is 5.69 Å². The Labute approximate surface area is 203 Å². The number of ether oxygens (including phenoxy) is 1. The predicted molar refractivity (Wildman–Crippen MR) is 131 cm³/mol. The summed E-state index contributed by atoms with van der Waals surface area (Å²) in [6.45, 7) is 1.76. The van der Waals surface area contributed by atoms with Crippen LogP contribution in [0.3, 0.4) is 0 Å². The number of hydrogen-bond donors (Lipinski definition) is 2. The molecule has 0 aliphatic heterocycles. The lowest BCUT2D eigenvalue weighted by Gasteiger charge is -2.10. The Morgan fingerprint density at radius 3 is 2.47 bits per heavy atom. The largest absolute Gasteiger partial charge is 0.483 e. The zero-order valence-electron chi connectivity index (χ0n) is 16.9. The van der Waals surface area contributed by atoms with Gasteiger partial charge in [-0.1, -0.05) is 40.9 Å². The Balaban J connectivity index is 1.52. The van der Waals surface area contributed by atoms with E-state index in [0.717, 1.165) is 11.1 Å². The summed E-state index contributed by atoms with van der Waals surface area (Å²) in [4.78, 5) is 24.2. The monoisotopic (exact) mass is 533 g/mol. The Hall–Kier alpha value is -2.87. The van der Waals surface area contributed by atoms with Gasteiger partial charge in [-0.2, -0.15) is 5.10 Å². The molecule has 6 nitrogen and oxygen atoms in total. The van der Waals surface area contributed by atoms with Gasteiger partial charge in [0.05, 0.1) is 20.7 Å². The maximum absolute atomic E-state index is 12.1. The van der Waals surface area contributed by atoms with Crippen molar-refractivity contribution in [1.29, 1.82) is 0 Å². The number of anilines is 1. The molecular formula is C23H18BrCl2N3O3. The molecule has 0 heterocycles. The van der Waals surface area contributed by atoms with Crippen molar-refractivity contribution in [3.05, 3.63) is 91.9 Å². The zero-order valence-corrected chi connectivity index (χ0v) is 20.0. The summed E-state index contributed by atoms with van der Waals surface area (Å²) in [5, 5.41) is 7.41. The van der Waals surface area contributed by atoms with Crippen LogP contribution in [0.1, 0.15) is 21.5 Å². The van der Waals surface area contributed by atoms with E-state index in [2.05, 4.69) is 31.8 Å². The summed E-state index contributed by atoms with van der Waals surface area (Å²) in [5.41, 5.74) is 5.33. The summed E-state index contributed by atoms with van der Waals surface area (Å²) >= 11 is 15.2. The second-order valence-electron chi connectivity index (χ2n) is 6.72. The smallest absolute Gasteiger partial charge is 0.271 e. The van der Waals surface area contributed by atoms with E-state index < -0.39 is 0 Å². The molecule has 0 aliphatic carbocycles. The minimum atomic E-state index is -0.347. The van der Waals surface area contributed by atoms with Gasteiger partial charge in [0.25, 0.3) is 11.8 Å². The highest BCUT2D eigenvalue weighted by molar-refractivity contribution is 9.10. The molecule has 2 amide bonds. The normalized spacial score (nSPS) is 10.8. The lowest BCUT2D eigenvalue weighted by Crippen LogP contribution is -2.20. The number of carbonyl (C=O) groups is 2. The van der Waals surface area contributed by atoms with E-state index in [4.69, 9.17) is 27.9 Å². The van der Waals surface area contributed by atoms with Crippen LogP contribution in [0.25, 0.3) is 0 Å². The first-order chi connectivity index (χ1) is 15.3. The Morgan fingerprint density at radius 2 is 1.78 bits per heavy atom. The summed E-state index contributed by atoms with van der Waals surface area (Å²) < 4.78 is 6.19. The van der Waals surface area contributed by atoms with E-state index in [9.17, 15) is 9.59 Å². The molecule has 3 rings (SSSR count). The molecule has 0 aliphatic rings. The number of nitrogens with one attached hydrogen (secondary N) is 2. The van der Waals surface area contributed by atoms with Gasteiger partial charge in [0.1, 0.15) is 5.75 Å². The Morgan fingerprint density at radius 1 is 1.03 bits per heavy atom. The average Bonchev–Trinajstić information content (AvgIpc) is 2.76. The van der Waals surface area contributed by atoms with Gasteiger partial charge >= 0.3 is 0 Å². The molecule has 3 aromatic rings. The number of rotatable bonds is 7. The van der Waals surface area contributed by atoms with Gasteiger partial charge in [-0.05, 0) is 76.9 Å². The van der Waals surface area contributed by atoms with Crippen LogP contribution >= 0.6 is 39.1 Å². The van der Waals surface area contributed by atoms with Gasteiger partial charge in [0.2, 0.25) is 0 Å². The minimum Gasteiger partial charge on any atom is -0.483 e. The molecule has 0 saturated carbocycles. The van der Waals surface area contributed by atoms with Gasteiger partial charge in [-0.3, -0.25) is 9.59 Å². The highest BCUT2D eigenvalue weighted by atomic mass is 79.9. The minimum absolute atomic E-state index is 0.196. The molecule has 0 aromatic heterocycles. The number of carbonyl (C=O) groups excluding carboxylic acids is 2. The van der Waals surface area contributed by atoms with Gasteiger partial charge in [-0.25, -0.2) is 5.43 Å². The Bertz CT molecular complexity index is 1170. The lowest BCUT2D eigenvalue weighted by molar-refractivity contribution is -0.118. The van der Waals surface area contributed by atoms with E-state index in [-0.39, 0.29) is 18.4 Å². The molecule has 9 heteroatoms. The van der Waals surface area contributed by atoms with Crippen molar-refractivity contribution in [2.75, 3.05) is 11.9 Å². The summed E-state index contributed by atoms with van der Waals surface area (Å²) in [7, 11) is 0. The fourth-order valence-corrected chi connectivity index (χ4v) is 3.37. The SMILES string of the molecule is Cc1ccc(C(=O)N/N=C/c2ccc(OCC(=O)Nc3ccc(Cl)c(Cl)c3)c(Br)c2)cc1. The van der Waals surface area contributed by atoms with Crippen molar-refractivity contribution in [1.82, 2.24) is 5.43 Å². The average molecular weight is 535 g/mol. The van der Waals surface area contributed by atoms with Crippen molar-refractivity contribution in [3.8, 4) is 5.75 Å². The molecule has 0 fully saturated rings. The molecule has 32 heavy (non-hydrogen) atoms. The Kier molecular flexibility index (Phi) is 8.27. The molecule has 3 aromatic carbocycles. The molecule has 0 bridgehead atoms. The van der Waals surface area contributed by atoms with E-state index in [1.165, 1.54) is 6.21 Å². The number of nitrogens with zero attached hydrogens (tertiary/aromatic N) is 1. The van der Waals surface area contributed by atoms with Crippen LogP contribution in [0.15, 0.2) is 70.2 Å². The summed E-state index contributed by atoms with van der Waals surface area (Å²) in [5.74, 6) is -0.164. The van der Waals surface area contributed by atoms with Crippen LogP contribution in [0, 0.1) is 6.92 Å². The number of hydrazone groups is 1. The van der Waals surface area contributed by atoms with Crippen molar-refractivity contribution in [2.24, 2.45) is 5.10 Å². The topological polar surface area (TPSA) is 79.8 Å². The van der Waals surface area contributed by atoms with Crippen molar-refractivity contribution in [3.63, 3.8) is 0 Å². The second kappa shape index (κ2) is 11.1. The summed E-state index contributed by atoms with van der Waals surface area (Å²) in [6.07, 6.45) is 1.51. The third-order valence-electron chi connectivity index (χ3n) is 4.21. The van der Waals surface area contributed by atoms with Crippen LogP contribution in [-0.2, 0) is 4.79 Å². The number of benzene rings is 3. The molecule has 0 atom stereocenters. The van der Waals surface area contributed by atoms with Crippen LogP contribution in [-0.4, -0.2) is 24.6 Å². The van der Waals surface area contributed by atoms with Crippen molar-refractivity contribution >= 4 is 62.8 Å². The number of amides is 2. The predicted octanol–water partition coefficient (Wildman–Crippen LogP) is 5.85. The maximum atomic E-state index is 12.1. The standard InChI is InChI=1S/C23H18BrCl2N3O3/c1-14-2-5-16(6-3-14)23(31)29-27-12-15-4-9-21(18(24)10-15)32-13-22(30)28-17-7-8-19(25)20(26)11-17/h2-12H,13H2,1H3,(H,28,30)(H,29,31)/b27-12+. The molecule has 2 N–H and O–H groups in total. The molecule has 0 spiro atoms. The highest BCUT2D eigenvalue weighted by Crippen LogP contribution is 2.26. The van der Waals surface area contributed by atoms with E-state index in [1.54, 1.807) is 48.5 Å². The molecule has 0 radical (unpaired) electrons.